The van der Waals surface area contributed by atoms with E-state index in [9.17, 15) is 0 Å². The van der Waals surface area contributed by atoms with Crippen LogP contribution in [0.15, 0.2) is 42.6 Å². The van der Waals surface area contributed by atoms with Gasteiger partial charge >= 0.3 is 0 Å². The maximum atomic E-state index is 6.06. The van der Waals surface area contributed by atoms with E-state index in [2.05, 4.69) is 10.2 Å². The molecular formula is C12H7Cl2N3. The first kappa shape index (κ1) is 10.6. The second-order valence-corrected chi connectivity index (χ2v) is 4.43. The van der Waals surface area contributed by atoms with Crippen molar-refractivity contribution in [2.75, 3.05) is 0 Å². The van der Waals surface area contributed by atoms with E-state index < -0.39 is 0 Å². The number of fused-ring (bicyclic) bond motifs is 1. The second-order valence-electron chi connectivity index (χ2n) is 3.59. The summed E-state index contributed by atoms with van der Waals surface area (Å²) in [7, 11) is 0. The van der Waals surface area contributed by atoms with Gasteiger partial charge in [0.1, 0.15) is 0 Å². The Morgan fingerprint density at radius 2 is 1.76 bits per heavy atom. The predicted octanol–water partition coefficient (Wildman–Crippen LogP) is 3.70. The van der Waals surface area contributed by atoms with Crippen molar-refractivity contribution in [2.45, 2.75) is 0 Å². The van der Waals surface area contributed by atoms with Gasteiger partial charge in [-0.1, -0.05) is 53.5 Å². The van der Waals surface area contributed by atoms with Gasteiger partial charge in [0.2, 0.25) is 0 Å². The summed E-state index contributed by atoms with van der Waals surface area (Å²) in [5, 5.41) is 9.24. The van der Waals surface area contributed by atoms with Crippen molar-refractivity contribution in [2.24, 2.45) is 0 Å². The average Bonchev–Trinajstić information content (AvgIpc) is 2.74. The highest BCUT2D eigenvalue weighted by Gasteiger charge is 2.10. The molecule has 2 aromatic heterocycles. The molecule has 0 aliphatic carbocycles. The standard InChI is InChI=1S/C12H7Cl2N3/c13-9-6-10(14)12-16-15-11(17(12)7-9)8-4-2-1-3-5-8/h1-7H. The molecule has 0 saturated heterocycles. The summed E-state index contributed by atoms with van der Waals surface area (Å²) in [4.78, 5) is 0. The third-order valence-electron chi connectivity index (χ3n) is 2.46. The van der Waals surface area contributed by atoms with Crippen molar-refractivity contribution < 1.29 is 0 Å². The summed E-state index contributed by atoms with van der Waals surface area (Å²) in [6.07, 6.45) is 1.76. The summed E-state index contributed by atoms with van der Waals surface area (Å²) in [6, 6.07) is 11.4. The smallest absolute Gasteiger partial charge is 0.179 e. The Hall–Kier alpha value is -1.58. The zero-order valence-electron chi connectivity index (χ0n) is 8.64. The van der Waals surface area contributed by atoms with Gasteiger partial charge in [0, 0.05) is 11.8 Å². The summed E-state index contributed by atoms with van der Waals surface area (Å²) in [5.74, 6) is 0.727. The monoisotopic (exact) mass is 263 g/mol. The molecule has 3 aromatic rings. The Morgan fingerprint density at radius 1 is 1.00 bits per heavy atom. The lowest BCUT2D eigenvalue weighted by atomic mass is 10.2. The van der Waals surface area contributed by atoms with Crippen LogP contribution < -0.4 is 0 Å². The minimum Gasteiger partial charge on any atom is -0.280 e. The van der Waals surface area contributed by atoms with E-state index in [1.165, 1.54) is 0 Å². The molecule has 3 rings (SSSR count). The average molecular weight is 264 g/mol. The van der Waals surface area contributed by atoms with Crippen LogP contribution in [-0.4, -0.2) is 14.6 Å². The molecule has 0 fully saturated rings. The van der Waals surface area contributed by atoms with Crippen molar-refractivity contribution in [1.82, 2.24) is 14.6 Å². The number of halogens is 2. The molecule has 2 heterocycles. The van der Waals surface area contributed by atoms with Crippen LogP contribution in [0.4, 0.5) is 0 Å². The summed E-state index contributed by atoms with van der Waals surface area (Å²) >= 11 is 12.0. The Kier molecular flexibility index (Phi) is 2.50. The van der Waals surface area contributed by atoms with E-state index >= 15 is 0 Å². The zero-order valence-corrected chi connectivity index (χ0v) is 10.2. The third kappa shape index (κ3) is 1.77. The van der Waals surface area contributed by atoms with E-state index in [0.29, 0.717) is 15.7 Å². The molecule has 0 saturated carbocycles. The van der Waals surface area contributed by atoms with Crippen molar-refractivity contribution in [3.8, 4) is 11.4 Å². The lowest BCUT2D eigenvalue weighted by Crippen LogP contribution is -1.89. The van der Waals surface area contributed by atoms with Crippen LogP contribution in [0.5, 0.6) is 0 Å². The molecular weight excluding hydrogens is 257 g/mol. The summed E-state index contributed by atoms with van der Waals surface area (Å²) in [6.45, 7) is 0. The van der Waals surface area contributed by atoms with E-state index in [0.717, 1.165) is 11.4 Å². The number of pyridine rings is 1. The topological polar surface area (TPSA) is 30.2 Å². The van der Waals surface area contributed by atoms with Crippen molar-refractivity contribution in [3.63, 3.8) is 0 Å². The highest BCUT2D eigenvalue weighted by molar-refractivity contribution is 6.36. The molecule has 0 bridgehead atoms. The van der Waals surface area contributed by atoms with Gasteiger partial charge in [-0.15, -0.1) is 10.2 Å². The lowest BCUT2D eigenvalue weighted by molar-refractivity contribution is 1.11. The Labute approximate surface area is 108 Å². The highest BCUT2D eigenvalue weighted by atomic mass is 35.5. The van der Waals surface area contributed by atoms with Crippen LogP contribution in [-0.2, 0) is 0 Å². The first-order chi connectivity index (χ1) is 8.25. The van der Waals surface area contributed by atoms with Crippen molar-refractivity contribution in [1.29, 1.82) is 0 Å². The van der Waals surface area contributed by atoms with Gasteiger partial charge in [-0.2, -0.15) is 0 Å². The van der Waals surface area contributed by atoms with Gasteiger partial charge in [0.05, 0.1) is 10.0 Å². The number of aromatic nitrogens is 3. The molecule has 0 N–H and O–H groups in total. The van der Waals surface area contributed by atoms with E-state index in [4.69, 9.17) is 23.2 Å². The molecule has 0 amide bonds. The molecule has 3 nitrogen and oxygen atoms in total. The van der Waals surface area contributed by atoms with Crippen LogP contribution in [0.3, 0.4) is 0 Å². The van der Waals surface area contributed by atoms with Crippen LogP contribution in [0, 0.1) is 0 Å². The zero-order chi connectivity index (χ0) is 11.8. The van der Waals surface area contributed by atoms with Gasteiger partial charge in [-0.05, 0) is 6.07 Å². The van der Waals surface area contributed by atoms with E-state index in [-0.39, 0.29) is 0 Å². The van der Waals surface area contributed by atoms with Crippen molar-refractivity contribution >= 4 is 28.8 Å². The molecule has 0 spiro atoms. The van der Waals surface area contributed by atoms with Gasteiger partial charge < -0.3 is 0 Å². The number of benzene rings is 1. The number of rotatable bonds is 1. The predicted molar refractivity (Wildman–Crippen MR) is 68.4 cm³/mol. The van der Waals surface area contributed by atoms with Gasteiger partial charge in [0.25, 0.3) is 0 Å². The Bertz CT molecular complexity index is 677. The molecule has 0 aliphatic heterocycles. The normalized spacial score (nSPS) is 10.9. The maximum Gasteiger partial charge on any atom is 0.179 e. The molecule has 17 heavy (non-hydrogen) atoms. The van der Waals surface area contributed by atoms with Crippen LogP contribution in [0.2, 0.25) is 10.0 Å². The second kappa shape index (κ2) is 4.02. The fraction of sp³-hybridized carbons (Fsp3) is 0. The number of hydrogen-bond acceptors (Lipinski definition) is 2. The van der Waals surface area contributed by atoms with Gasteiger partial charge in [-0.25, -0.2) is 0 Å². The SMILES string of the molecule is Clc1cc(Cl)c2nnc(-c3ccccc3)n2c1. The molecule has 0 radical (unpaired) electrons. The molecule has 5 heteroatoms. The first-order valence-electron chi connectivity index (χ1n) is 5.01. The third-order valence-corrected chi connectivity index (χ3v) is 2.94. The van der Waals surface area contributed by atoms with Gasteiger partial charge in [-0.3, -0.25) is 4.40 Å². The molecule has 0 aliphatic rings. The van der Waals surface area contributed by atoms with E-state index in [1.807, 2.05) is 30.3 Å². The Morgan fingerprint density at radius 3 is 2.53 bits per heavy atom. The quantitative estimate of drug-likeness (QED) is 0.670. The van der Waals surface area contributed by atoms with E-state index in [1.54, 1.807) is 16.7 Å². The Balaban J connectivity index is 2.32. The summed E-state index contributed by atoms with van der Waals surface area (Å²) in [5.41, 5.74) is 1.58. The number of hydrogen-bond donors (Lipinski definition) is 0. The largest absolute Gasteiger partial charge is 0.280 e. The van der Waals surface area contributed by atoms with Crippen LogP contribution >= 0.6 is 23.2 Å². The molecule has 84 valence electrons. The molecule has 0 atom stereocenters. The highest BCUT2D eigenvalue weighted by Crippen LogP contribution is 2.25. The molecule has 0 unspecified atom stereocenters. The fourth-order valence-electron chi connectivity index (χ4n) is 1.71. The minimum absolute atomic E-state index is 0.493. The van der Waals surface area contributed by atoms with Crippen LogP contribution in [0.1, 0.15) is 0 Å². The molecule has 1 aromatic carbocycles. The number of nitrogens with zero attached hydrogens (tertiary/aromatic N) is 3. The summed E-state index contributed by atoms with van der Waals surface area (Å²) < 4.78 is 1.79. The van der Waals surface area contributed by atoms with Crippen molar-refractivity contribution in [3.05, 3.63) is 52.6 Å². The maximum absolute atomic E-state index is 6.06. The van der Waals surface area contributed by atoms with Gasteiger partial charge in [0.15, 0.2) is 11.5 Å². The lowest BCUT2D eigenvalue weighted by Gasteiger charge is -2.01. The first-order valence-corrected chi connectivity index (χ1v) is 5.76. The fourth-order valence-corrected chi connectivity index (χ4v) is 2.22. The minimum atomic E-state index is 0.493. The van der Waals surface area contributed by atoms with Crippen LogP contribution in [0.25, 0.3) is 17.0 Å².